The summed E-state index contributed by atoms with van der Waals surface area (Å²) in [4.78, 5) is 22.0. The maximum absolute atomic E-state index is 11.2. The standard InChI is InChI=1S/C11H13NO4/c12-7-11(10(15)16,6-9(13)14)8-4-2-1-3-5-8/h1-5H,6-7,12H2,(H,13,14)(H,15,16). The Morgan fingerprint density at radius 3 is 2.12 bits per heavy atom. The van der Waals surface area contributed by atoms with Crippen molar-refractivity contribution in [3.05, 3.63) is 35.9 Å². The molecule has 1 aromatic rings. The lowest BCUT2D eigenvalue weighted by Crippen LogP contribution is -2.44. The summed E-state index contributed by atoms with van der Waals surface area (Å²) >= 11 is 0. The van der Waals surface area contributed by atoms with E-state index in [0.717, 1.165) is 0 Å². The second kappa shape index (κ2) is 4.76. The number of hydrogen-bond donors (Lipinski definition) is 3. The van der Waals surface area contributed by atoms with Crippen molar-refractivity contribution >= 4 is 11.9 Å². The number of nitrogens with two attached hydrogens (primary N) is 1. The van der Waals surface area contributed by atoms with E-state index in [2.05, 4.69) is 0 Å². The lowest BCUT2D eigenvalue weighted by molar-refractivity contribution is -0.150. The van der Waals surface area contributed by atoms with Gasteiger partial charge in [-0.1, -0.05) is 30.3 Å². The van der Waals surface area contributed by atoms with Crippen LogP contribution in [-0.2, 0) is 15.0 Å². The molecular formula is C11H13NO4. The lowest BCUT2D eigenvalue weighted by Gasteiger charge is -2.26. The second-order valence-electron chi connectivity index (χ2n) is 3.53. The highest BCUT2D eigenvalue weighted by molar-refractivity contribution is 5.87. The zero-order valence-electron chi connectivity index (χ0n) is 8.59. The highest BCUT2D eigenvalue weighted by atomic mass is 16.4. The van der Waals surface area contributed by atoms with Crippen molar-refractivity contribution in [3.63, 3.8) is 0 Å². The summed E-state index contributed by atoms with van der Waals surface area (Å²) < 4.78 is 0. The van der Waals surface area contributed by atoms with Crippen LogP contribution in [0.2, 0.25) is 0 Å². The molecule has 0 saturated carbocycles. The molecule has 0 aliphatic rings. The largest absolute Gasteiger partial charge is 0.481 e. The molecular weight excluding hydrogens is 210 g/mol. The maximum atomic E-state index is 11.2. The predicted octanol–water partition coefficient (Wildman–Crippen LogP) is 0.442. The van der Waals surface area contributed by atoms with Crippen LogP contribution in [0.5, 0.6) is 0 Å². The van der Waals surface area contributed by atoms with E-state index >= 15 is 0 Å². The minimum absolute atomic E-state index is 0.251. The fraction of sp³-hybridized carbons (Fsp3) is 0.273. The maximum Gasteiger partial charge on any atom is 0.316 e. The molecule has 0 amide bonds. The SMILES string of the molecule is NCC(CC(=O)O)(C(=O)O)c1ccccc1. The number of benzene rings is 1. The van der Waals surface area contributed by atoms with Gasteiger partial charge in [-0.3, -0.25) is 9.59 Å². The van der Waals surface area contributed by atoms with Gasteiger partial charge < -0.3 is 15.9 Å². The molecule has 86 valence electrons. The van der Waals surface area contributed by atoms with Gasteiger partial charge in [-0.25, -0.2) is 0 Å². The van der Waals surface area contributed by atoms with Crippen LogP contribution in [0.4, 0.5) is 0 Å². The summed E-state index contributed by atoms with van der Waals surface area (Å²) in [6.07, 6.45) is -0.525. The van der Waals surface area contributed by atoms with Gasteiger partial charge >= 0.3 is 11.9 Å². The monoisotopic (exact) mass is 223 g/mol. The van der Waals surface area contributed by atoms with Gasteiger partial charge in [0.25, 0.3) is 0 Å². The minimum atomic E-state index is -1.55. The first-order valence-corrected chi connectivity index (χ1v) is 4.74. The first kappa shape index (κ1) is 12.2. The van der Waals surface area contributed by atoms with E-state index in [1.165, 1.54) is 0 Å². The van der Waals surface area contributed by atoms with E-state index in [1.807, 2.05) is 0 Å². The van der Waals surface area contributed by atoms with Crippen LogP contribution >= 0.6 is 0 Å². The van der Waals surface area contributed by atoms with E-state index in [0.29, 0.717) is 5.56 Å². The van der Waals surface area contributed by atoms with Crippen molar-refractivity contribution in [2.75, 3.05) is 6.54 Å². The van der Waals surface area contributed by atoms with Crippen molar-refractivity contribution in [1.29, 1.82) is 0 Å². The molecule has 0 fully saturated rings. The Morgan fingerprint density at radius 1 is 1.19 bits per heavy atom. The Hall–Kier alpha value is -1.88. The molecule has 0 heterocycles. The molecule has 1 atom stereocenters. The normalized spacial score (nSPS) is 14.1. The first-order chi connectivity index (χ1) is 7.53. The van der Waals surface area contributed by atoms with Crippen LogP contribution < -0.4 is 5.73 Å². The van der Waals surface area contributed by atoms with Crippen LogP contribution in [0.25, 0.3) is 0 Å². The van der Waals surface area contributed by atoms with Crippen LogP contribution in [0.1, 0.15) is 12.0 Å². The fourth-order valence-corrected chi connectivity index (χ4v) is 1.59. The highest BCUT2D eigenvalue weighted by Gasteiger charge is 2.41. The average Bonchev–Trinajstić information content (AvgIpc) is 2.26. The van der Waals surface area contributed by atoms with E-state index < -0.39 is 23.8 Å². The van der Waals surface area contributed by atoms with Crippen LogP contribution in [0.3, 0.4) is 0 Å². The Balaban J connectivity index is 3.23. The lowest BCUT2D eigenvalue weighted by atomic mass is 9.77. The van der Waals surface area contributed by atoms with Crippen molar-refractivity contribution in [2.24, 2.45) is 5.73 Å². The molecule has 5 nitrogen and oxygen atoms in total. The number of rotatable bonds is 5. The number of carboxylic acids is 2. The molecule has 0 aliphatic heterocycles. The number of carboxylic acid groups (broad SMARTS) is 2. The van der Waals surface area contributed by atoms with E-state index in [-0.39, 0.29) is 6.54 Å². The van der Waals surface area contributed by atoms with E-state index in [1.54, 1.807) is 30.3 Å². The summed E-state index contributed by atoms with van der Waals surface area (Å²) in [6.45, 7) is -0.251. The fourth-order valence-electron chi connectivity index (χ4n) is 1.59. The quantitative estimate of drug-likeness (QED) is 0.672. The number of carbonyl (C=O) groups is 2. The molecule has 0 aromatic heterocycles. The second-order valence-corrected chi connectivity index (χ2v) is 3.53. The average molecular weight is 223 g/mol. The van der Waals surface area contributed by atoms with Crippen molar-refractivity contribution in [2.45, 2.75) is 11.8 Å². The molecule has 1 aromatic carbocycles. The summed E-state index contributed by atoms with van der Waals surface area (Å²) in [5.74, 6) is -2.40. The third-order valence-electron chi connectivity index (χ3n) is 2.54. The Kier molecular flexibility index (Phi) is 3.63. The van der Waals surface area contributed by atoms with Crippen LogP contribution in [-0.4, -0.2) is 28.7 Å². The van der Waals surface area contributed by atoms with Crippen molar-refractivity contribution in [1.82, 2.24) is 0 Å². The van der Waals surface area contributed by atoms with Gasteiger partial charge in [-0.15, -0.1) is 0 Å². The van der Waals surface area contributed by atoms with Crippen LogP contribution in [0.15, 0.2) is 30.3 Å². The van der Waals surface area contributed by atoms with E-state index in [9.17, 15) is 14.7 Å². The van der Waals surface area contributed by atoms with Gasteiger partial charge in [0, 0.05) is 6.54 Å². The summed E-state index contributed by atoms with van der Waals surface area (Å²) in [6, 6.07) is 8.19. The van der Waals surface area contributed by atoms with Gasteiger partial charge in [0.1, 0.15) is 5.41 Å². The molecule has 5 heteroatoms. The van der Waals surface area contributed by atoms with Crippen LogP contribution in [0, 0.1) is 0 Å². The molecule has 1 rings (SSSR count). The molecule has 0 aliphatic carbocycles. The van der Waals surface area contributed by atoms with Gasteiger partial charge in [0.15, 0.2) is 0 Å². The molecule has 0 spiro atoms. The van der Waals surface area contributed by atoms with Gasteiger partial charge in [0.05, 0.1) is 6.42 Å². The van der Waals surface area contributed by atoms with Gasteiger partial charge in [0.2, 0.25) is 0 Å². The van der Waals surface area contributed by atoms with Crippen molar-refractivity contribution in [3.8, 4) is 0 Å². The summed E-state index contributed by atoms with van der Waals surface area (Å²) in [5.41, 5.74) is 4.31. The molecule has 16 heavy (non-hydrogen) atoms. The minimum Gasteiger partial charge on any atom is -0.481 e. The molecule has 1 unspecified atom stereocenters. The summed E-state index contributed by atoms with van der Waals surface area (Å²) in [5, 5.41) is 18.0. The Morgan fingerprint density at radius 2 is 1.75 bits per heavy atom. The molecule has 0 saturated heterocycles. The Bertz CT molecular complexity index is 390. The smallest absolute Gasteiger partial charge is 0.316 e. The van der Waals surface area contributed by atoms with Gasteiger partial charge in [-0.2, -0.15) is 0 Å². The zero-order valence-corrected chi connectivity index (χ0v) is 8.59. The predicted molar refractivity (Wildman–Crippen MR) is 57.1 cm³/mol. The third kappa shape index (κ3) is 2.20. The zero-order chi connectivity index (χ0) is 12.2. The molecule has 0 radical (unpaired) electrons. The molecule has 4 N–H and O–H groups in total. The van der Waals surface area contributed by atoms with E-state index in [4.69, 9.17) is 10.8 Å². The first-order valence-electron chi connectivity index (χ1n) is 4.74. The highest BCUT2D eigenvalue weighted by Crippen LogP contribution is 2.27. The summed E-state index contributed by atoms with van der Waals surface area (Å²) in [7, 11) is 0. The molecule has 0 bridgehead atoms. The Labute approximate surface area is 92.5 Å². The third-order valence-corrected chi connectivity index (χ3v) is 2.54. The topological polar surface area (TPSA) is 101 Å². The number of aliphatic carboxylic acids is 2. The van der Waals surface area contributed by atoms with Gasteiger partial charge in [-0.05, 0) is 5.56 Å². The van der Waals surface area contributed by atoms with Crippen molar-refractivity contribution < 1.29 is 19.8 Å². The number of hydrogen-bond acceptors (Lipinski definition) is 3.